The van der Waals surface area contributed by atoms with E-state index in [1.165, 1.54) is 19.6 Å². The Bertz CT molecular complexity index is 865. The molecule has 0 saturated heterocycles. The average Bonchev–Trinajstić information content (AvgIpc) is 3.05. The van der Waals surface area contributed by atoms with Crippen molar-refractivity contribution in [2.45, 2.75) is 78.2 Å². The summed E-state index contributed by atoms with van der Waals surface area (Å²) in [6, 6.07) is 2.15. The molecular weight excluding hydrogens is 378 g/mol. The lowest BCUT2D eigenvalue weighted by Crippen LogP contribution is -2.49. The summed E-state index contributed by atoms with van der Waals surface area (Å²) in [5.41, 5.74) is 2.83. The van der Waals surface area contributed by atoms with E-state index in [-0.39, 0.29) is 28.5 Å². The van der Waals surface area contributed by atoms with Gasteiger partial charge in [-0.2, -0.15) is 5.26 Å². The Hall–Kier alpha value is -2.09. The van der Waals surface area contributed by atoms with E-state index >= 15 is 0 Å². The number of hydrogen-bond acceptors (Lipinski definition) is 5. The highest BCUT2D eigenvalue weighted by Crippen LogP contribution is 2.66. The molecule has 4 rings (SSSR count). The third kappa shape index (κ3) is 3.11. The zero-order chi connectivity index (χ0) is 21.7. The van der Waals surface area contributed by atoms with Gasteiger partial charge in [-0.15, -0.1) is 0 Å². The quantitative estimate of drug-likeness (QED) is 0.280. The number of carbonyl (C=O) groups excluding carboxylic acids is 2. The Kier molecular flexibility index (Phi) is 5.33. The van der Waals surface area contributed by atoms with Gasteiger partial charge >= 0.3 is 11.9 Å². The van der Waals surface area contributed by atoms with Gasteiger partial charge in [-0.05, 0) is 79.1 Å². The van der Waals surface area contributed by atoms with E-state index in [4.69, 9.17) is 9.47 Å². The normalized spacial score (nSPS) is 41.4. The first-order valence-electron chi connectivity index (χ1n) is 11.3. The highest BCUT2D eigenvalue weighted by Gasteiger charge is 2.58. The molecule has 0 aromatic carbocycles. The molecule has 162 valence electrons. The van der Waals surface area contributed by atoms with Crippen LogP contribution in [0, 0.1) is 39.9 Å². The molecule has 3 saturated carbocycles. The van der Waals surface area contributed by atoms with Crippen LogP contribution < -0.4 is 0 Å². The molecule has 0 spiro atoms. The predicted molar refractivity (Wildman–Crippen MR) is 112 cm³/mol. The molecule has 0 N–H and O–H groups in total. The molecule has 3 fully saturated rings. The van der Waals surface area contributed by atoms with Crippen LogP contribution in [-0.4, -0.2) is 25.2 Å². The van der Waals surface area contributed by atoms with Gasteiger partial charge in [0.2, 0.25) is 0 Å². The lowest BCUT2D eigenvalue weighted by Gasteiger charge is -2.57. The average molecular weight is 412 g/mol. The summed E-state index contributed by atoms with van der Waals surface area (Å²) in [5.74, 6) is 1.03. The third-order valence-corrected chi connectivity index (χ3v) is 8.98. The van der Waals surface area contributed by atoms with Gasteiger partial charge < -0.3 is 9.47 Å². The second kappa shape index (κ2) is 7.55. The molecule has 0 bridgehead atoms. The number of carbonyl (C=O) groups is 2. The number of ether oxygens (including phenoxy) is 2. The number of nitriles is 1. The summed E-state index contributed by atoms with van der Waals surface area (Å²) >= 11 is 0. The van der Waals surface area contributed by atoms with Crippen LogP contribution in [0.25, 0.3) is 0 Å². The van der Waals surface area contributed by atoms with Crippen molar-refractivity contribution in [1.29, 1.82) is 5.26 Å². The fourth-order valence-electron chi connectivity index (χ4n) is 7.52. The molecule has 6 atom stereocenters. The smallest absolute Gasteiger partial charge is 0.348 e. The maximum Gasteiger partial charge on any atom is 0.348 e. The minimum Gasteiger partial charge on any atom is -0.465 e. The summed E-state index contributed by atoms with van der Waals surface area (Å²) in [6.07, 6.45) is 10.4. The lowest BCUT2D eigenvalue weighted by molar-refractivity contribution is -0.148. The van der Waals surface area contributed by atoms with Crippen LogP contribution in [-0.2, 0) is 19.1 Å². The third-order valence-electron chi connectivity index (χ3n) is 8.98. The molecule has 0 radical (unpaired) electrons. The van der Waals surface area contributed by atoms with Gasteiger partial charge in [-0.25, -0.2) is 4.79 Å². The number of rotatable bonds is 2. The predicted octanol–water partition coefficient (Wildman–Crippen LogP) is 4.87. The molecular formula is C25H33NO4. The molecule has 5 heteroatoms. The minimum absolute atomic E-state index is 0.0199. The largest absolute Gasteiger partial charge is 0.465 e. The number of allylic oxidation sites excluding steroid dienone is 2. The molecule has 0 heterocycles. The maximum absolute atomic E-state index is 12.2. The minimum atomic E-state index is -0.488. The maximum atomic E-state index is 12.2. The summed E-state index contributed by atoms with van der Waals surface area (Å²) in [5, 5.41) is 9.65. The molecule has 0 amide bonds. The summed E-state index contributed by atoms with van der Waals surface area (Å²) < 4.78 is 10.4. The van der Waals surface area contributed by atoms with Gasteiger partial charge in [0.15, 0.2) is 0 Å². The number of fused-ring (bicyclic) bond motifs is 5. The summed E-state index contributed by atoms with van der Waals surface area (Å²) in [6.45, 7) is 6.19. The molecule has 5 nitrogen and oxygen atoms in total. The van der Waals surface area contributed by atoms with E-state index in [1.54, 1.807) is 0 Å². The van der Waals surface area contributed by atoms with E-state index in [9.17, 15) is 14.9 Å². The number of esters is 2. The number of methoxy groups -OCH3 is 1. The Labute approximate surface area is 179 Å². The van der Waals surface area contributed by atoms with Crippen LogP contribution in [0.15, 0.2) is 22.8 Å². The van der Waals surface area contributed by atoms with Crippen LogP contribution in [0.5, 0.6) is 0 Å². The highest BCUT2D eigenvalue weighted by atomic mass is 16.5. The van der Waals surface area contributed by atoms with Crippen molar-refractivity contribution in [3.63, 3.8) is 0 Å². The van der Waals surface area contributed by atoms with E-state index in [0.29, 0.717) is 17.8 Å². The first-order valence-corrected chi connectivity index (χ1v) is 11.3. The molecule has 4 aliphatic carbocycles. The van der Waals surface area contributed by atoms with Crippen molar-refractivity contribution >= 4 is 11.9 Å². The first-order chi connectivity index (χ1) is 14.2. The molecule has 0 aromatic heterocycles. The second-order valence-corrected chi connectivity index (χ2v) is 10.2. The standard InChI is InChI=1S/C25H33NO4/c1-15(27)30-17-9-11-24(2)16(13-17)5-6-18-20-7-8-21(19(14-26)23(28)29-4)25(20,3)12-10-22(18)24/h5,17-18,20,22H,6-13H2,1-4H3/b21-19-/t17-,18-,20-,22-,24-,25-/m0/s1. The SMILES string of the molecule is COC(=O)/C(C#N)=C1/CC[C@H]2[C@@H]3CC=C4C[C@@H](OC(C)=O)CC[C@]4(C)[C@H]3CC[C@]12C. The van der Waals surface area contributed by atoms with Crippen molar-refractivity contribution < 1.29 is 19.1 Å². The zero-order valence-electron chi connectivity index (χ0n) is 18.6. The van der Waals surface area contributed by atoms with E-state index in [2.05, 4.69) is 26.0 Å². The van der Waals surface area contributed by atoms with Gasteiger partial charge in [0.1, 0.15) is 17.7 Å². The van der Waals surface area contributed by atoms with Crippen molar-refractivity contribution in [3.8, 4) is 6.07 Å². The zero-order valence-corrected chi connectivity index (χ0v) is 18.6. The van der Waals surface area contributed by atoms with Crippen molar-refractivity contribution in [2.75, 3.05) is 7.11 Å². The molecule has 0 unspecified atom stereocenters. The molecule has 30 heavy (non-hydrogen) atoms. The van der Waals surface area contributed by atoms with Crippen LogP contribution in [0.1, 0.15) is 72.1 Å². The monoisotopic (exact) mass is 411 g/mol. The summed E-state index contributed by atoms with van der Waals surface area (Å²) in [7, 11) is 1.35. The highest BCUT2D eigenvalue weighted by molar-refractivity contribution is 5.94. The van der Waals surface area contributed by atoms with Crippen LogP contribution in [0.2, 0.25) is 0 Å². The Balaban J connectivity index is 1.63. The Morgan fingerprint density at radius 3 is 2.50 bits per heavy atom. The Morgan fingerprint density at radius 1 is 1.13 bits per heavy atom. The van der Waals surface area contributed by atoms with Gasteiger partial charge in [-0.3, -0.25) is 4.79 Å². The fraction of sp³-hybridized carbons (Fsp3) is 0.720. The first kappa shape index (κ1) is 21.2. The van der Waals surface area contributed by atoms with Gasteiger partial charge in [0, 0.05) is 13.3 Å². The number of nitrogens with zero attached hydrogens (tertiary/aromatic N) is 1. The molecule has 0 aromatic rings. The van der Waals surface area contributed by atoms with E-state index in [1.807, 2.05) is 0 Å². The molecule has 4 aliphatic rings. The van der Waals surface area contributed by atoms with Crippen molar-refractivity contribution in [2.24, 2.45) is 28.6 Å². The van der Waals surface area contributed by atoms with Crippen LogP contribution in [0.4, 0.5) is 0 Å². The second-order valence-electron chi connectivity index (χ2n) is 10.2. The molecule has 0 aliphatic heterocycles. The summed E-state index contributed by atoms with van der Waals surface area (Å²) in [4.78, 5) is 23.6. The van der Waals surface area contributed by atoms with Gasteiger partial charge in [0.25, 0.3) is 0 Å². The van der Waals surface area contributed by atoms with Crippen molar-refractivity contribution in [1.82, 2.24) is 0 Å². The fourth-order valence-corrected chi connectivity index (χ4v) is 7.52. The van der Waals surface area contributed by atoms with Gasteiger partial charge in [0.05, 0.1) is 7.11 Å². The van der Waals surface area contributed by atoms with Crippen LogP contribution in [0.3, 0.4) is 0 Å². The van der Waals surface area contributed by atoms with E-state index in [0.717, 1.165) is 56.9 Å². The topological polar surface area (TPSA) is 76.4 Å². The lowest BCUT2D eigenvalue weighted by atomic mass is 9.47. The van der Waals surface area contributed by atoms with Crippen LogP contribution >= 0.6 is 0 Å². The van der Waals surface area contributed by atoms with Crippen molar-refractivity contribution in [3.05, 3.63) is 22.8 Å². The van der Waals surface area contributed by atoms with E-state index < -0.39 is 5.97 Å². The van der Waals surface area contributed by atoms with Gasteiger partial charge in [-0.1, -0.05) is 25.5 Å². The number of hydrogen-bond donors (Lipinski definition) is 0. The Morgan fingerprint density at radius 2 is 1.83 bits per heavy atom.